The van der Waals surface area contributed by atoms with Crippen molar-refractivity contribution in [3.63, 3.8) is 0 Å². The van der Waals surface area contributed by atoms with E-state index in [0.29, 0.717) is 5.56 Å². The van der Waals surface area contributed by atoms with E-state index >= 15 is 0 Å². The second kappa shape index (κ2) is 6.49. The summed E-state index contributed by atoms with van der Waals surface area (Å²) in [4.78, 5) is 3.96. The molecule has 0 aliphatic rings. The first kappa shape index (κ1) is 16.9. The van der Waals surface area contributed by atoms with Gasteiger partial charge in [-0.1, -0.05) is 35.9 Å². The molecule has 5 nitrogen and oxygen atoms in total. The van der Waals surface area contributed by atoms with E-state index in [0.717, 1.165) is 5.56 Å². The van der Waals surface area contributed by atoms with Gasteiger partial charge in [-0.3, -0.25) is 0 Å². The Balaban J connectivity index is 2.03. The van der Waals surface area contributed by atoms with Gasteiger partial charge in [0.15, 0.2) is 5.69 Å². The van der Waals surface area contributed by atoms with Gasteiger partial charge in [0.05, 0.1) is 5.75 Å². The normalized spacial score (nSPS) is 11.2. The van der Waals surface area contributed by atoms with Crippen molar-refractivity contribution in [3.8, 4) is 17.5 Å². The lowest BCUT2D eigenvalue weighted by molar-refractivity contribution is 0.456. The van der Waals surface area contributed by atoms with E-state index in [-0.39, 0.29) is 17.1 Å². The van der Waals surface area contributed by atoms with Crippen molar-refractivity contribution in [1.29, 1.82) is 5.26 Å². The number of aromatic nitrogens is 1. The molecule has 0 N–H and O–H groups in total. The third kappa shape index (κ3) is 3.44. The first-order valence-electron chi connectivity index (χ1n) is 7.35. The van der Waals surface area contributed by atoms with Crippen LogP contribution in [-0.2, 0) is 15.6 Å². The number of benzene rings is 2. The molecular weight excluding hydrogens is 343 g/mol. The summed E-state index contributed by atoms with van der Waals surface area (Å²) in [6, 6.07) is 14.4. The molecule has 0 spiro atoms. The quantitative estimate of drug-likeness (QED) is 0.713. The summed E-state index contributed by atoms with van der Waals surface area (Å²) in [6.45, 7) is 1.91. The van der Waals surface area contributed by atoms with Crippen LogP contribution in [0.4, 0.5) is 4.39 Å². The maximum absolute atomic E-state index is 13.8. The van der Waals surface area contributed by atoms with Crippen LogP contribution in [0.1, 0.15) is 16.8 Å². The highest BCUT2D eigenvalue weighted by Gasteiger charge is 2.28. The van der Waals surface area contributed by atoms with Crippen LogP contribution in [0.5, 0.6) is 0 Å². The number of hydrogen-bond donors (Lipinski definition) is 0. The summed E-state index contributed by atoms with van der Waals surface area (Å²) < 4.78 is 44.3. The average Bonchev–Trinajstić information content (AvgIpc) is 3.03. The maximum atomic E-state index is 13.8. The van der Waals surface area contributed by atoms with Gasteiger partial charge in [0.1, 0.15) is 11.9 Å². The summed E-state index contributed by atoms with van der Waals surface area (Å²) in [6.07, 6.45) is 0. The smallest absolute Gasteiger partial charge is 0.257 e. The largest absolute Gasteiger partial charge is 0.423 e. The Bertz CT molecular complexity index is 1060. The molecule has 2 aromatic carbocycles. The number of aryl methyl sites for hydroxylation is 1. The monoisotopic (exact) mass is 356 g/mol. The Hall–Kier alpha value is -2.98. The molecule has 25 heavy (non-hydrogen) atoms. The van der Waals surface area contributed by atoms with Gasteiger partial charge in [-0.15, -0.1) is 0 Å². The first-order valence-corrected chi connectivity index (χ1v) is 9.00. The number of oxazole rings is 1. The predicted octanol–water partition coefficient (Wildman–Crippen LogP) is 3.63. The third-order valence-electron chi connectivity index (χ3n) is 3.59. The van der Waals surface area contributed by atoms with Crippen molar-refractivity contribution in [1.82, 2.24) is 4.98 Å². The summed E-state index contributed by atoms with van der Waals surface area (Å²) in [5, 5.41) is 8.65. The van der Waals surface area contributed by atoms with Crippen molar-refractivity contribution in [3.05, 3.63) is 71.2 Å². The van der Waals surface area contributed by atoms with Gasteiger partial charge in [-0.05, 0) is 25.1 Å². The summed E-state index contributed by atoms with van der Waals surface area (Å²) in [7, 11) is -4.07. The fraction of sp³-hybridized carbons (Fsp3) is 0.111. The Labute approximate surface area is 144 Å². The molecule has 0 saturated heterocycles. The van der Waals surface area contributed by atoms with Crippen LogP contribution in [-0.4, -0.2) is 13.4 Å². The van der Waals surface area contributed by atoms with Crippen molar-refractivity contribution >= 4 is 9.84 Å². The Morgan fingerprint density at radius 1 is 1.16 bits per heavy atom. The van der Waals surface area contributed by atoms with Gasteiger partial charge in [-0.2, -0.15) is 10.2 Å². The fourth-order valence-corrected chi connectivity index (χ4v) is 3.66. The molecule has 0 amide bonds. The first-order chi connectivity index (χ1) is 11.9. The van der Waals surface area contributed by atoms with Crippen LogP contribution in [0, 0.1) is 24.1 Å². The number of nitrogens with zero attached hydrogens (tertiary/aromatic N) is 2. The summed E-state index contributed by atoms with van der Waals surface area (Å²) in [5.41, 5.74) is 1.23. The standard InChI is InChI=1S/C18H13FN2O3S/c1-12-6-8-13(9-7-12)17-21-16(10-20)18(24-17)25(22,23)11-14-4-2-3-5-15(14)19/h2-9H,11H2,1H3. The molecule has 0 bridgehead atoms. The minimum atomic E-state index is -4.07. The van der Waals surface area contributed by atoms with Crippen LogP contribution >= 0.6 is 0 Å². The highest BCUT2D eigenvalue weighted by molar-refractivity contribution is 7.90. The number of sulfone groups is 1. The average molecular weight is 356 g/mol. The zero-order valence-corrected chi connectivity index (χ0v) is 14.0. The van der Waals surface area contributed by atoms with Crippen molar-refractivity contribution in [2.45, 2.75) is 17.8 Å². The van der Waals surface area contributed by atoms with Gasteiger partial charge >= 0.3 is 0 Å². The second-order valence-electron chi connectivity index (χ2n) is 5.48. The maximum Gasteiger partial charge on any atom is 0.257 e. The van der Waals surface area contributed by atoms with Crippen molar-refractivity contribution in [2.75, 3.05) is 0 Å². The van der Waals surface area contributed by atoms with Crippen LogP contribution in [0.3, 0.4) is 0 Å². The van der Waals surface area contributed by atoms with Gasteiger partial charge < -0.3 is 4.42 Å². The Morgan fingerprint density at radius 2 is 1.84 bits per heavy atom. The van der Waals surface area contributed by atoms with E-state index in [1.54, 1.807) is 18.2 Å². The molecule has 0 aliphatic carbocycles. The Morgan fingerprint density at radius 3 is 2.48 bits per heavy atom. The van der Waals surface area contributed by atoms with Gasteiger partial charge in [0, 0.05) is 11.1 Å². The SMILES string of the molecule is Cc1ccc(-c2nc(C#N)c(S(=O)(=O)Cc3ccccc3F)o2)cc1. The van der Waals surface area contributed by atoms with Crippen LogP contribution in [0.25, 0.3) is 11.5 Å². The van der Waals surface area contributed by atoms with Gasteiger partial charge in [0.2, 0.25) is 15.7 Å². The molecule has 0 aliphatic heterocycles. The minimum Gasteiger partial charge on any atom is -0.423 e. The highest BCUT2D eigenvalue weighted by Crippen LogP contribution is 2.27. The molecule has 3 aromatic rings. The van der Waals surface area contributed by atoms with E-state index in [9.17, 15) is 18.1 Å². The molecule has 0 atom stereocenters. The van der Waals surface area contributed by atoms with E-state index in [1.807, 2.05) is 19.1 Å². The van der Waals surface area contributed by atoms with E-state index < -0.39 is 26.5 Å². The minimum absolute atomic E-state index is 0.000300. The number of halogens is 1. The van der Waals surface area contributed by atoms with Crippen LogP contribution < -0.4 is 0 Å². The van der Waals surface area contributed by atoms with E-state index in [4.69, 9.17) is 4.42 Å². The van der Waals surface area contributed by atoms with Gasteiger partial charge in [-0.25, -0.2) is 12.8 Å². The van der Waals surface area contributed by atoms with Crippen molar-refractivity contribution in [2.24, 2.45) is 0 Å². The molecular formula is C18H13FN2O3S. The zero-order chi connectivity index (χ0) is 18.0. The lowest BCUT2D eigenvalue weighted by atomic mass is 10.1. The lowest BCUT2D eigenvalue weighted by Crippen LogP contribution is -2.07. The van der Waals surface area contributed by atoms with Gasteiger partial charge in [0.25, 0.3) is 5.09 Å². The third-order valence-corrected chi connectivity index (χ3v) is 5.12. The second-order valence-corrected chi connectivity index (χ2v) is 7.37. The van der Waals surface area contributed by atoms with Crippen LogP contribution in [0.2, 0.25) is 0 Å². The molecule has 1 heterocycles. The molecule has 0 radical (unpaired) electrons. The molecule has 0 unspecified atom stereocenters. The van der Waals surface area contributed by atoms with Crippen LogP contribution in [0.15, 0.2) is 58.0 Å². The Kier molecular flexibility index (Phi) is 4.38. The lowest BCUT2D eigenvalue weighted by Gasteiger charge is -2.03. The fourth-order valence-electron chi connectivity index (χ4n) is 2.29. The number of nitriles is 1. The topological polar surface area (TPSA) is 84.0 Å². The number of hydrogen-bond acceptors (Lipinski definition) is 5. The summed E-state index contributed by atoms with van der Waals surface area (Å²) >= 11 is 0. The summed E-state index contributed by atoms with van der Waals surface area (Å²) in [5.74, 6) is -1.22. The molecule has 7 heteroatoms. The van der Waals surface area contributed by atoms with E-state index in [1.165, 1.54) is 24.3 Å². The number of rotatable bonds is 4. The molecule has 0 fully saturated rings. The van der Waals surface area contributed by atoms with E-state index in [2.05, 4.69) is 4.98 Å². The van der Waals surface area contributed by atoms with Crippen molar-refractivity contribution < 1.29 is 17.2 Å². The highest BCUT2D eigenvalue weighted by atomic mass is 32.2. The molecule has 0 saturated carbocycles. The molecule has 1 aromatic heterocycles. The zero-order valence-electron chi connectivity index (χ0n) is 13.2. The molecule has 3 rings (SSSR count). The molecule has 126 valence electrons. The predicted molar refractivity (Wildman–Crippen MR) is 88.7 cm³/mol.